The molecule has 6 nitrogen and oxygen atoms in total. The SMILES string of the molecule is CC(C)CN(CC(C)C)S(=O)(=O)N(C)CCC(=O)O. The van der Waals surface area contributed by atoms with E-state index in [1.54, 1.807) is 0 Å². The van der Waals surface area contributed by atoms with Crippen molar-refractivity contribution in [3.05, 3.63) is 0 Å². The van der Waals surface area contributed by atoms with Gasteiger partial charge in [0, 0.05) is 26.7 Å². The highest BCUT2D eigenvalue weighted by Crippen LogP contribution is 2.13. The third-order valence-electron chi connectivity index (χ3n) is 2.50. The number of hydrogen-bond donors (Lipinski definition) is 1. The van der Waals surface area contributed by atoms with E-state index in [1.165, 1.54) is 11.4 Å². The normalized spacial score (nSPS) is 12.9. The molecule has 0 aromatic rings. The van der Waals surface area contributed by atoms with Crippen molar-refractivity contribution in [3.63, 3.8) is 0 Å². The van der Waals surface area contributed by atoms with Crippen molar-refractivity contribution in [1.82, 2.24) is 8.61 Å². The van der Waals surface area contributed by atoms with Crippen molar-refractivity contribution in [2.24, 2.45) is 11.8 Å². The minimum Gasteiger partial charge on any atom is -0.481 e. The minimum absolute atomic E-state index is 0.00957. The van der Waals surface area contributed by atoms with Gasteiger partial charge in [0.25, 0.3) is 10.2 Å². The second-order valence-corrected chi connectivity index (χ2v) is 7.61. The number of hydrogen-bond acceptors (Lipinski definition) is 3. The summed E-state index contributed by atoms with van der Waals surface area (Å²) >= 11 is 0. The highest BCUT2D eigenvalue weighted by Gasteiger charge is 2.28. The topological polar surface area (TPSA) is 77.9 Å². The summed E-state index contributed by atoms with van der Waals surface area (Å²) in [5, 5.41) is 8.62. The average molecular weight is 294 g/mol. The van der Waals surface area contributed by atoms with Crippen LogP contribution in [0.25, 0.3) is 0 Å². The lowest BCUT2D eigenvalue weighted by molar-refractivity contribution is -0.137. The molecule has 0 saturated heterocycles. The Balaban J connectivity index is 4.89. The molecule has 0 fully saturated rings. The van der Waals surface area contributed by atoms with Gasteiger partial charge in [0.1, 0.15) is 0 Å². The van der Waals surface area contributed by atoms with E-state index in [0.29, 0.717) is 13.1 Å². The van der Waals surface area contributed by atoms with Crippen molar-refractivity contribution in [2.75, 3.05) is 26.7 Å². The number of rotatable bonds is 9. The molecule has 114 valence electrons. The van der Waals surface area contributed by atoms with E-state index in [-0.39, 0.29) is 24.8 Å². The number of carboxylic acids is 1. The van der Waals surface area contributed by atoms with Crippen LogP contribution in [0.2, 0.25) is 0 Å². The van der Waals surface area contributed by atoms with Crippen molar-refractivity contribution >= 4 is 16.2 Å². The van der Waals surface area contributed by atoms with E-state index in [2.05, 4.69) is 0 Å². The molecule has 0 atom stereocenters. The first-order chi connectivity index (χ1) is 8.57. The highest BCUT2D eigenvalue weighted by molar-refractivity contribution is 7.86. The number of nitrogens with zero attached hydrogens (tertiary/aromatic N) is 2. The van der Waals surface area contributed by atoms with E-state index < -0.39 is 16.2 Å². The molecule has 1 N–H and O–H groups in total. The quantitative estimate of drug-likeness (QED) is 0.694. The zero-order valence-electron chi connectivity index (χ0n) is 12.5. The summed E-state index contributed by atoms with van der Waals surface area (Å²) in [5.74, 6) is -0.552. The first-order valence-electron chi connectivity index (χ1n) is 6.50. The van der Waals surface area contributed by atoms with Gasteiger partial charge in [-0.25, -0.2) is 0 Å². The standard InChI is InChI=1S/C12H26N2O4S/c1-10(2)8-14(9-11(3)4)19(17,18)13(5)7-6-12(15)16/h10-11H,6-9H2,1-5H3,(H,15,16). The molecule has 0 aromatic carbocycles. The molecule has 0 amide bonds. The molecule has 0 saturated carbocycles. The van der Waals surface area contributed by atoms with Gasteiger partial charge in [-0.05, 0) is 11.8 Å². The van der Waals surface area contributed by atoms with Gasteiger partial charge in [0.05, 0.1) is 6.42 Å². The lowest BCUT2D eigenvalue weighted by atomic mass is 10.2. The lowest BCUT2D eigenvalue weighted by Gasteiger charge is -2.29. The van der Waals surface area contributed by atoms with E-state index in [4.69, 9.17) is 5.11 Å². The summed E-state index contributed by atoms with van der Waals surface area (Å²) in [6.07, 6.45) is -0.188. The predicted octanol–water partition coefficient (Wildman–Crippen LogP) is 1.25. The smallest absolute Gasteiger partial charge is 0.304 e. The lowest BCUT2D eigenvalue weighted by Crippen LogP contribution is -2.45. The van der Waals surface area contributed by atoms with Crippen LogP contribution in [0.3, 0.4) is 0 Å². The molecule has 0 spiro atoms. The molecule has 7 heteroatoms. The molecule has 0 heterocycles. The summed E-state index contributed by atoms with van der Waals surface area (Å²) < 4.78 is 27.3. The maximum Gasteiger partial charge on any atom is 0.304 e. The first-order valence-corrected chi connectivity index (χ1v) is 7.90. The van der Waals surface area contributed by atoms with Crippen LogP contribution >= 0.6 is 0 Å². The Morgan fingerprint density at radius 1 is 1.11 bits per heavy atom. The molecule has 0 bridgehead atoms. The molecule has 0 aromatic heterocycles. The number of aliphatic carboxylic acids is 1. The molecule has 0 rings (SSSR count). The van der Waals surface area contributed by atoms with Crippen LogP contribution in [0.15, 0.2) is 0 Å². The molecular formula is C12H26N2O4S. The van der Waals surface area contributed by atoms with Crippen molar-refractivity contribution in [3.8, 4) is 0 Å². The molecule has 0 radical (unpaired) electrons. The van der Waals surface area contributed by atoms with Crippen molar-refractivity contribution in [1.29, 1.82) is 0 Å². The molecular weight excluding hydrogens is 268 g/mol. The predicted molar refractivity (Wildman–Crippen MR) is 75.1 cm³/mol. The largest absolute Gasteiger partial charge is 0.481 e. The fourth-order valence-electron chi connectivity index (χ4n) is 1.64. The number of carboxylic acid groups (broad SMARTS) is 1. The van der Waals surface area contributed by atoms with Gasteiger partial charge < -0.3 is 5.11 Å². The van der Waals surface area contributed by atoms with Crippen LogP contribution in [0, 0.1) is 11.8 Å². The van der Waals surface area contributed by atoms with Gasteiger partial charge in [-0.1, -0.05) is 27.7 Å². The molecule has 0 aliphatic carbocycles. The molecule has 0 aliphatic heterocycles. The van der Waals surface area contributed by atoms with Crippen LogP contribution in [-0.2, 0) is 15.0 Å². The average Bonchev–Trinajstić information content (AvgIpc) is 2.23. The van der Waals surface area contributed by atoms with Gasteiger partial charge in [-0.15, -0.1) is 0 Å². The summed E-state index contributed by atoms with van der Waals surface area (Å²) in [4.78, 5) is 10.5. The Bertz CT molecular complexity index is 369. The second-order valence-electron chi connectivity index (χ2n) is 5.58. The van der Waals surface area contributed by atoms with Crippen LogP contribution in [0.5, 0.6) is 0 Å². The van der Waals surface area contributed by atoms with Crippen LogP contribution < -0.4 is 0 Å². The third kappa shape index (κ3) is 6.89. The fraction of sp³-hybridized carbons (Fsp3) is 0.917. The molecule has 19 heavy (non-hydrogen) atoms. The second kappa shape index (κ2) is 7.81. The monoisotopic (exact) mass is 294 g/mol. The van der Waals surface area contributed by atoms with E-state index >= 15 is 0 Å². The number of carbonyl (C=O) groups is 1. The van der Waals surface area contributed by atoms with E-state index in [0.717, 1.165) is 4.31 Å². The summed E-state index contributed by atoms with van der Waals surface area (Å²) in [6.45, 7) is 8.71. The Hall–Kier alpha value is -0.660. The van der Waals surface area contributed by atoms with Crippen molar-refractivity contribution in [2.45, 2.75) is 34.1 Å². The Kier molecular flexibility index (Phi) is 7.54. The minimum atomic E-state index is -3.58. The van der Waals surface area contributed by atoms with Gasteiger partial charge in [0.2, 0.25) is 0 Å². The van der Waals surface area contributed by atoms with Crippen molar-refractivity contribution < 1.29 is 18.3 Å². The highest BCUT2D eigenvalue weighted by atomic mass is 32.2. The summed E-state index contributed by atoms with van der Waals surface area (Å²) in [6, 6.07) is 0. The maximum absolute atomic E-state index is 12.4. The van der Waals surface area contributed by atoms with Gasteiger partial charge in [-0.3, -0.25) is 4.79 Å². The fourth-order valence-corrected chi connectivity index (χ4v) is 3.33. The molecule has 0 unspecified atom stereocenters. The zero-order chi connectivity index (χ0) is 15.2. The van der Waals surface area contributed by atoms with Gasteiger partial charge in [-0.2, -0.15) is 17.0 Å². The first kappa shape index (κ1) is 18.3. The third-order valence-corrected chi connectivity index (χ3v) is 4.42. The maximum atomic E-state index is 12.4. The van der Waals surface area contributed by atoms with Crippen LogP contribution in [0.4, 0.5) is 0 Å². The Morgan fingerprint density at radius 2 is 1.53 bits per heavy atom. The Labute approximate surface area is 116 Å². The van der Waals surface area contributed by atoms with Crippen LogP contribution in [-0.4, -0.2) is 54.8 Å². The van der Waals surface area contributed by atoms with E-state index in [1.807, 2.05) is 27.7 Å². The summed E-state index contributed by atoms with van der Waals surface area (Å²) in [5.41, 5.74) is 0. The zero-order valence-corrected chi connectivity index (χ0v) is 13.3. The van der Waals surface area contributed by atoms with Crippen LogP contribution in [0.1, 0.15) is 34.1 Å². The summed E-state index contributed by atoms with van der Waals surface area (Å²) in [7, 11) is -2.16. The van der Waals surface area contributed by atoms with Gasteiger partial charge in [0.15, 0.2) is 0 Å². The Morgan fingerprint density at radius 3 is 1.84 bits per heavy atom. The van der Waals surface area contributed by atoms with Gasteiger partial charge >= 0.3 is 5.97 Å². The molecule has 0 aliphatic rings. The van der Waals surface area contributed by atoms with E-state index in [9.17, 15) is 13.2 Å².